The molecule has 0 aliphatic heterocycles. The van der Waals surface area contributed by atoms with Crippen LogP contribution in [0.5, 0.6) is 0 Å². The lowest BCUT2D eigenvalue weighted by molar-refractivity contribution is 0.0399. The first-order valence-electron chi connectivity index (χ1n) is 7.63. The summed E-state index contributed by atoms with van der Waals surface area (Å²) in [7, 11) is 1.97. The molecule has 5 nitrogen and oxygen atoms in total. The van der Waals surface area contributed by atoms with Crippen LogP contribution >= 0.6 is 11.3 Å². The second kappa shape index (κ2) is 7.88. The molecule has 0 aliphatic carbocycles. The number of aliphatic hydroxyl groups is 2. The highest BCUT2D eigenvalue weighted by Crippen LogP contribution is 2.24. The molecule has 0 radical (unpaired) electrons. The van der Waals surface area contributed by atoms with Gasteiger partial charge < -0.3 is 15.5 Å². The number of benzene rings is 1. The van der Waals surface area contributed by atoms with Crippen LogP contribution in [-0.4, -0.2) is 46.9 Å². The SMILES string of the molecule is Cc1ccccc1Nc1nc(CN(C)CC(C)(CO)CO)cs1. The zero-order chi connectivity index (χ0) is 16.9. The number of rotatable bonds is 8. The standard InChI is InChI=1S/C17H25N3O2S/c1-13-6-4-5-7-15(13)19-16-18-14(9-23-16)8-20(3)10-17(2,11-21)12-22/h4-7,9,21-22H,8,10-12H2,1-3H3,(H,18,19). The summed E-state index contributed by atoms with van der Waals surface area (Å²) >= 11 is 1.58. The summed E-state index contributed by atoms with van der Waals surface area (Å²) in [4.78, 5) is 6.68. The van der Waals surface area contributed by atoms with Crippen LogP contribution in [-0.2, 0) is 6.54 Å². The molecule has 0 saturated carbocycles. The Morgan fingerprint density at radius 2 is 1.96 bits per heavy atom. The Morgan fingerprint density at radius 3 is 2.61 bits per heavy atom. The summed E-state index contributed by atoms with van der Waals surface area (Å²) in [5.41, 5.74) is 2.73. The minimum Gasteiger partial charge on any atom is -0.396 e. The van der Waals surface area contributed by atoms with Crippen molar-refractivity contribution < 1.29 is 10.2 Å². The van der Waals surface area contributed by atoms with E-state index in [0.717, 1.165) is 16.5 Å². The van der Waals surface area contributed by atoms with Crippen LogP contribution in [0.2, 0.25) is 0 Å². The number of aryl methyl sites for hydroxylation is 1. The molecular weight excluding hydrogens is 310 g/mol. The Balaban J connectivity index is 1.96. The summed E-state index contributed by atoms with van der Waals surface area (Å²) in [6.07, 6.45) is 0. The van der Waals surface area contributed by atoms with Crippen molar-refractivity contribution in [2.24, 2.45) is 5.41 Å². The lowest BCUT2D eigenvalue weighted by Gasteiger charge is -2.29. The van der Waals surface area contributed by atoms with Gasteiger partial charge in [0.2, 0.25) is 0 Å². The second-order valence-corrected chi connectivity index (χ2v) is 7.24. The Bertz CT molecular complexity index is 626. The highest BCUT2D eigenvalue weighted by molar-refractivity contribution is 7.13. The van der Waals surface area contributed by atoms with Crippen LogP contribution in [0.3, 0.4) is 0 Å². The van der Waals surface area contributed by atoms with E-state index in [1.54, 1.807) is 11.3 Å². The summed E-state index contributed by atoms with van der Waals surface area (Å²) in [5.74, 6) is 0. The molecule has 1 aromatic carbocycles. The normalized spacial score (nSPS) is 11.9. The Morgan fingerprint density at radius 1 is 1.26 bits per heavy atom. The number of hydrogen-bond acceptors (Lipinski definition) is 6. The maximum absolute atomic E-state index is 9.38. The quantitative estimate of drug-likeness (QED) is 0.692. The molecule has 0 unspecified atom stereocenters. The zero-order valence-electron chi connectivity index (χ0n) is 13.9. The van der Waals surface area contributed by atoms with Gasteiger partial charge in [-0.3, -0.25) is 4.90 Å². The van der Waals surface area contributed by atoms with Gasteiger partial charge in [0.1, 0.15) is 0 Å². The van der Waals surface area contributed by atoms with Gasteiger partial charge in [-0.15, -0.1) is 11.3 Å². The molecule has 0 aliphatic rings. The van der Waals surface area contributed by atoms with E-state index in [4.69, 9.17) is 0 Å². The molecular formula is C17H25N3O2S. The van der Waals surface area contributed by atoms with Gasteiger partial charge in [0.15, 0.2) is 5.13 Å². The van der Waals surface area contributed by atoms with Gasteiger partial charge in [-0.2, -0.15) is 0 Å². The first-order chi connectivity index (χ1) is 11.0. The lowest BCUT2D eigenvalue weighted by atomic mass is 9.92. The van der Waals surface area contributed by atoms with E-state index in [2.05, 4.69) is 28.2 Å². The third kappa shape index (κ3) is 5.00. The summed E-state index contributed by atoms with van der Waals surface area (Å²) in [5, 5.41) is 25.0. The maximum Gasteiger partial charge on any atom is 0.187 e. The third-order valence-corrected chi connectivity index (χ3v) is 4.59. The molecule has 0 atom stereocenters. The predicted molar refractivity (Wildman–Crippen MR) is 95.2 cm³/mol. The number of para-hydroxylation sites is 1. The lowest BCUT2D eigenvalue weighted by Crippen LogP contribution is -2.38. The number of nitrogens with zero attached hydrogens (tertiary/aromatic N) is 2. The monoisotopic (exact) mass is 335 g/mol. The number of hydrogen-bond donors (Lipinski definition) is 3. The van der Waals surface area contributed by atoms with Crippen LogP contribution in [0, 0.1) is 12.3 Å². The van der Waals surface area contributed by atoms with Crippen LogP contribution in [0.25, 0.3) is 0 Å². The van der Waals surface area contributed by atoms with Crippen molar-refractivity contribution >= 4 is 22.2 Å². The summed E-state index contributed by atoms with van der Waals surface area (Å²) in [6, 6.07) is 8.12. The number of aromatic nitrogens is 1. The van der Waals surface area contributed by atoms with Crippen LogP contribution in [0.15, 0.2) is 29.6 Å². The fraction of sp³-hybridized carbons (Fsp3) is 0.471. The third-order valence-electron chi connectivity index (χ3n) is 3.79. The van der Waals surface area contributed by atoms with Crippen LogP contribution in [0.1, 0.15) is 18.2 Å². The summed E-state index contributed by atoms with van der Waals surface area (Å²) in [6.45, 7) is 5.15. The minimum absolute atomic E-state index is 0.0367. The van der Waals surface area contributed by atoms with Crippen molar-refractivity contribution in [1.82, 2.24) is 9.88 Å². The van der Waals surface area contributed by atoms with Gasteiger partial charge in [-0.1, -0.05) is 25.1 Å². The Labute approximate surface area is 141 Å². The Kier molecular flexibility index (Phi) is 6.12. The van der Waals surface area contributed by atoms with E-state index in [1.165, 1.54) is 5.56 Å². The van der Waals surface area contributed by atoms with Crippen molar-refractivity contribution in [3.05, 3.63) is 40.9 Å². The topological polar surface area (TPSA) is 68.6 Å². The molecule has 0 saturated heterocycles. The highest BCUT2D eigenvalue weighted by Gasteiger charge is 2.24. The first kappa shape index (κ1) is 17.9. The number of aliphatic hydroxyl groups excluding tert-OH is 2. The molecule has 126 valence electrons. The fourth-order valence-corrected chi connectivity index (χ4v) is 3.11. The van der Waals surface area contributed by atoms with Gasteiger partial charge >= 0.3 is 0 Å². The van der Waals surface area contributed by atoms with E-state index in [0.29, 0.717) is 13.1 Å². The minimum atomic E-state index is -0.493. The maximum atomic E-state index is 9.38. The molecule has 2 rings (SSSR count). The van der Waals surface area contributed by atoms with Crippen molar-refractivity contribution in [2.75, 3.05) is 32.1 Å². The van der Waals surface area contributed by atoms with Crippen molar-refractivity contribution in [3.8, 4) is 0 Å². The Hall–Kier alpha value is -1.47. The molecule has 6 heteroatoms. The molecule has 0 amide bonds. The van der Waals surface area contributed by atoms with Crippen molar-refractivity contribution in [3.63, 3.8) is 0 Å². The van der Waals surface area contributed by atoms with Gasteiger partial charge in [0.05, 0.1) is 18.9 Å². The number of nitrogens with one attached hydrogen (secondary N) is 1. The van der Waals surface area contributed by atoms with E-state index in [-0.39, 0.29) is 13.2 Å². The molecule has 23 heavy (non-hydrogen) atoms. The molecule has 0 spiro atoms. The average molecular weight is 335 g/mol. The van der Waals surface area contributed by atoms with E-state index >= 15 is 0 Å². The molecule has 0 bridgehead atoms. The van der Waals surface area contributed by atoms with E-state index in [1.807, 2.05) is 37.6 Å². The van der Waals surface area contributed by atoms with Crippen molar-refractivity contribution in [1.29, 1.82) is 0 Å². The second-order valence-electron chi connectivity index (χ2n) is 6.38. The van der Waals surface area contributed by atoms with Gasteiger partial charge in [0, 0.05) is 29.6 Å². The van der Waals surface area contributed by atoms with Gasteiger partial charge in [-0.25, -0.2) is 4.98 Å². The van der Waals surface area contributed by atoms with Gasteiger partial charge in [0.25, 0.3) is 0 Å². The zero-order valence-corrected chi connectivity index (χ0v) is 14.7. The first-order valence-corrected chi connectivity index (χ1v) is 8.51. The van der Waals surface area contributed by atoms with E-state index in [9.17, 15) is 10.2 Å². The average Bonchev–Trinajstić information content (AvgIpc) is 2.96. The number of anilines is 2. The molecule has 1 heterocycles. The molecule has 2 aromatic rings. The van der Waals surface area contributed by atoms with Crippen LogP contribution in [0.4, 0.5) is 10.8 Å². The molecule has 3 N–H and O–H groups in total. The number of thiazole rings is 1. The van der Waals surface area contributed by atoms with Crippen molar-refractivity contribution in [2.45, 2.75) is 20.4 Å². The molecule has 1 aromatic heterocycles. The largest absolute Gasteiger partial charge is 0.396 e. The predicted octanol–water partition coefficient (Wildman–Crippen LogP) is 2.62. The van der Waals surface area contributed by atoms with Gasteiger partial charge in [-0.05, 0) is 25.6 Å². The summed E-state index contributed by atoms with van der Waals surface area (Å²) < 4.78 is 0. The highest BCUT2D eigenvalue weighted by atomic mass is 32.1. The van der Waals surface area contributed by atoms with Crippen LogP contribution < -0.4 is 5.32 Å². The molecule has 0 fully saturated rings. The smallest absolute Gasteiger partial charge is 0.187 e. The fourth-order valence-electron chi connectivity index (χ4n) is 2.40. The van der Waals surface area contributed by atoms with E-state index < -0.39 is 5.41 Å².